The summed E-state index contributed by atoms with van der Waals surface area (Å²) in [7, 11) is 0. The van der Waals surface area contributed by atoms with Gasteiger partial charge in [-0.3, -0.25) is 52.7 Å². The van der Waals surface area contributed by atoms with Crippen molar-refractivity contribution in [2.24, 2.45) is 28.9 Å². The maximum atomic E-state index is 14.9. The smallest absolute Gasteiger partial charge is 0.245 e. The normalized spacial score (nSPS) is 22.0. The first-order valence-electron chi connectivity index (χ1n) is 30.7. The average Bonchev–Trinajstić information content (AvgIpc) is 2.77. The molecule has 0 spiro atoms. The van der Waals surface area contributed by atoms with Crippen molar-refractivity contribution in [3.8, 4) is 0 Å². The molecule has 12 atom stereocenters. The Bertz CT molecular complexity index is 2610. The Morgan fingerprint density at radius 2 is 1.04 bits per heavy atom. The molecule has 1 saturated heterocycles. The summed E-state index contributed by atoms with van der Waals surface area (Å²) in [6.07, 6.45) is -0.0941. The number of hydrogen-bond acceptors (Lipinski definition) is 18. The Hall–Kier alpha value is -7.83. The van der Waals surface area contributed by atoms with Gasteiger partial charge in [-0.2, -0.15) is 0 Å². The lowest BCUT2D eigenvalue weighted by Gasteiger charge is -2.29. The molecule has 1 aliphatic rings. The number of carbonyl (C=O) groups is 11. The molecule has 23 N–H and O–H groups in total. The van der Waals surface area contributed by atoms with Crippen molar-refractivity contribution in [2.75, 3.05) is 38.5 Å². The van der Waals surface area contributed by atoms with Crippen LogP contribution in [-0.2, 0) is 65.6 Å². The third-order valence-corrected chi connectivity index (χ3v) is 14.7. The van der Waals surface area contributed by atoms with E-state index in [2.05, 4.69) is 65.4 Å². The fourth-order valence-corrected chi connectivity index (χ4v) is 9.69. The van der Waals surface area contributed by atoms with Crippen LogP contribution >= 0.6 is 0 Å². The van der Waals surface area contributed by atoms with E-state index in [1.54, 1.807) is 68.4 Å². The molecule has 496 valence electrons. The van der Waals surface area contributed by atoms with E-state index >= 15 is 0 Å². The Labute approximate surface area is 520 Å². The minimum Gasteiger partial charge on any atom is -0.399 e. The maximum Gasteiger partial charge on any atom is 0.245 e. The lowest BCUT2D eigenvalue weighted by molar-refractivity contribution is -0.137. The zero-order valence-corrected chi connectivity index (χ0v) is 51.9. The standard InChI is InChI=1S/C60H98N16O13/c1-6-7-8-9-13-16-48(79)67-40(21-26-61)54(83)76-50(36(5)78)60(89)71-42(23-28-63)52(81)70-44-25-30-66-59(88)49(35(4)77)75-55(84)43(24-29-64)68-51(80)41(22-27-62)69-56(85)45(31-34(2)3)72-57(86)46(32-37-14-11-10-12-15-37)74-58(87)47(73-53(44)82)33-38-17-19-39(65)20-18-38/h10-12,14-15,17-20,34-36,40-47,49-50,77-78H,6-9,13,16,21-33,61-65H2,1-5H3,(H,66,88)(H,67,79)(H,68,80)(H,69,85)(H,70,81)(H,71,89)(H,72,86)(H,73,82)(H,74,87)(H,75,84)(H,76,83)/t35-,36-,40+,41+,42+,43+,44+,45+,46-,47+,49+,50+/m1/s1. The molecule has 0 unspecified atom stereocenters. The van der Waals surface area contributed by atoms with Crippen molar-refractivity contribution in [2.45, 2.75) is 197 Å². The number of aliphatic hydroxyl groups excluding tert-OH is 2. The largest absolute Gasteiger partial charge is 0.399 e. The second-order valence-corrected chi connectivity index (χ2v) is 22.8. The number of hydrogen-bond donors (Lipinski definition) is 18. The van der Waals surface area contributed by atoms with E-state index in [0.717, 1.165) is 25.7 Å². The Balaban J connectivity index is 2.17. The third kappa shape index (κ3) is 26.8. The monoisotopic (exact) mass is 1250 g/mol. The van der Waals surface area contributed by atoms with Crippen LogP contribution in [0.1, 0.15) is 123 Å². The molecule has 29 nitrogen and oxygen atoms in total. The van der Waals surface area contributed by atoms with Gasteiger partial charge in [0.15, 0.2) is 0 Å². The summed E-state index contributed by atoms with van der Waals surface area (Å²) in [5.41, 5.74) is 30.9. The highest BCUT2D eigenvalue weighted by molar-refractivity contribution is 5.99. The Morgan fingerprint density at radius 3 is 1.57 bits per heavy atom. The van der Waals surface area contributed by atoms with Crippen molar-refractivity contribution in [1.29, 1.82) is 0 Å². The highest BCUT2D eigenvalue weighted by Gasteiger charge is 2.38. The number of unbranched alkanes of at least 4 members (excludes halogenated alkanes) is 4. The van der Waals surface area contributed by atoms with Crippen LogP contribution in [0.3, 0.4) is 0 Å². The number of amides is 11. The van der Waals surface area contributed by atoms with E-state index < -0.39 is 151 Å². The predicted molar refractivity (Wildman–Crippen MR) is 333 cm³/mol. The van der Waals surface area contributed by atoms with E-state index in [0.29, 0.717) is 23.2 Å². The van der Waals surface area contributed by atoms with Gasteiger partial charge in [0.1, 0.15) is 60.4 Å². The molecule has 1 aliphatic heterocycles. The summed E-state index contributed by atoms with van der Waals surface area (Å²) in [4.78, 5) is 156. The molecule has 2 aromatic rings. The molecule has 0 bridgehead atoms. The molecule has 3 rings (SSSR count). The lowest BCUT2D eigenvalue weighted by atomic mass is 9.99. The highest BCUT2D eigenvalue weighted by Crippen LogP contribution is 2.14. The summed E-state index contributed by atoms with van der Waals surface area (Å²) in [6, 6.07) is -0.0799. The molecule has 0 radical (unpaired) electrons. The molecule has 89 heavy (non-hydrogen) atoms. The van der Waals surface area contributed by atoms with Gasteiger partial charge in [-0.1, -0.05) is 88.9 Å². The Kier molecular flexibility index (Phi) is 33.8. The van der Waals surface area contributed by atoms with Gasteiger partial charge in [0.05, 0.1) is 12.2 Å². The number of nitrogen functional groups attached to an aromatic ring is 1. The van der Waals surface area contributed by atoms with Crippen molar-refractivity contribution in [3.05, 3.63) is 65.7 Å². The topological polar surface area (TPSA) is 491 Å². The van der Waals surface area contributed by atoms with Gasteiger partial charge in [0.2, 0.25) is 65.0 Å². The first kappa shape index (κ1) is 75.4. The molecule has 0 aliphatic carbocycles. The van der Waals surface area contributed by atoms with E-state index in [9.17, 15) is 63.0 Å². The zero-order chi connectivity index (χ0) is 66.2. The Morgan fingerprint density at radius 1 is 0.551 bits per heavy atom. The summed E-state index contributed by atoms with van der Waals surface area (Å²) in [6.45, 7) is 7.05. The van der Waals surface area contributed by atoms with Crippen LogP contribution in [0.25, 0.3) is 0 Å². The molecule has 0 aromatic heterocycles. The summed E-state index contributed by atoms with van der Waals surface area (Å²) < 4.78 is 0. The molecule has 11 amide bonds. The number of benzene rings is 2. The molecular weight excluding hydrogens is 1150 g/mol. The van der Waals surface area contributed by atoms with Crippen LogP contribution in [-0.4, -0.2) is 181 Å². The van der Waals surface area contributed by atoms with E-state index in [1.165, 1.54) is 13.8 Å². The molecule has 0 saturated carbocycles. The zero-order valence-electron chi connectivity index (χ0n) is 51.9. The van der Waals surface area contributed by atoms with Gasteiger partial charge in [-0.05, 0) is 114 Å². The van der Waals surface area contributed by atoms with E-state index in [4.69, 9.17) is 28.7 Å². The van der Waals surface area contributed by atoms with Gasteiger partial charge in [-0.15, -0.1) is 0 Å². The van der Waals surface area contributed by atoms with Crippen molar-refractivity contribution in [3.63, 3.8) is 0 Å². The van der Waals surface area contributed by atoms with Crippen LogP contribution < -0.4 is 87.2 Å². The van der Waals surface area contributed by atoms with Gasteiger partial charge in [-0.25, -0.2) is 0 Å². The van der Waals surface area contributed by atoms with Crippen molar-refractivity contribution in [1.82, 2.24) is 58.5 Å². The van der Waals surface area contributed by atoms with E-state index in [1.807, 2.05) is 0 Å². The second kappa shape index (κ2) is 39.9. The first-order valence-corrected chi connectivity index (χ1v) is 30.7. The molecule has 1 fully saturated rings. The fraction of sp³-hybridized carbons (Fsp3) is 0.617. The minimum absolute atomic E-state index is 0.0196. The van der Waals surface area contributed by atoms with Crippen LogP contribution in [0, 0.1) is 5.92 Å². The number of nitrogens with one attached hydrogen (secondary N) is 11. The number of carbonyl (C=O) groups excluding carboxylic acids is 11. The summed E-state index contributed by atoms with van der Waals surface area (Å²) in [5.74, 6) is -9.99. The summed E-state index contributed by atoms with van der Waals surface area (Å²) >= 11 is 0. The van der Waals surface area contributed by atoms with Gasteiger partial charge >= 0.3 is 0 Å². The predicted octanol–water partition coefficient (Wildman–Crippen LogP) is -4.01. The molecule has 1 heterocycles. The number of rotatable bonds is 29. The summed E-state index contributed by atoms with van der Waals surface area (Å²) in [5, 5.41) is 50.2. The van der Waals surface area contributed by atoms with Crippen molar-refractivity contribution < 1.29 is 63.0 Å². The number of aliphatic hydroxyl groups is 2. The van der Waals surface area contributed by atoms with E-state index in [-0.39, 0.29) is 83.5 Å². The highest BCUT2D eigenvalue weighted by atomic mass is 16.3. The fourth-order valence-electron chi connectivity index (χ4n) is 9.69. The first-order chi connectivity index (χ1) is 42.3. The van der Waals surface area contributed by atoms with Crippen LogP contribution in [0.15, 0.2) is 54.6 Å². The third-order valence-electron chi connectivity index (χ3n) is 14.7. The SMILES string of the molecule is CCCCCCCC(=O)N[C@@H](CCN)C(=O)N[C@H](C(=O)N[C@@H](CCN)C(=O)N[C@H]1CCNC(=O)[C@H]([C@@H](C)O)NC(=O)[C@H](CCN)NC(=O)[C@H](CCN)NC(=O)[C@H](CC(C)C)NC(=O)[C@@H](Cc2ccccc2)NC(=O)[C@H](Cc2ccc(N)cc2)NC1=O)[C@@H](C)O. The average molecular weight is 1250 g/mol. The van der Waals surface area contributed by atoms with Crippen molar-refractivity contribution >= 4 is 70.7 Å². The lowest BCUT2D eigenvalue weighted by Crippen LogP contribution is -2.62. The van der Waals surface area contributed by atoms with Crippen LogP contribution in [0.5, 0.6) is 0 Å². The molecule has 29 heteroatoms. The van der Waals surface area contributed by atoms with Gasteiger partial charge in [0.25, 0.3) is 0 Å². The van der Waals surface area contributed by atoms with Crippen LogP contribution in [0.2, 0.25) is 0 Å². The van der Waals surface area contributed by atoms with Gasteiger partial charge in [0, 0.05) is 31.5 Å². The van der Waals surface area contributed by atoms with Gasteiger partial charge < -0.3 is 97.4 Å². The maximum absolute atomic E-state index is 14.9. The number of anilines is 1. The minimum atomic E-state index is -1.71. The number of nitrogens with two attached hydrogens (primary N) is 5. The quantitative estimate of drug-likeness (QED) is 0.0273. The van der Waals surface area contributed by atoms with Crippen LogP contribution in [0.4, 0.5) is 5.69 Å². The molecular formula is C60H98N16O13. The second-order valence-electron chi connectivity index (χ2n) is 22.8. The molecule has 2 aromatic carbocycles.